The second-order valence-electron chi connectivity index (χ2n) is 4.71. The van der Waals surface area contributed by atoms with Gasteiger partial charge in [-0.15, -0.1) is 0 Å². The summed E-state index contributed by atoms with van der Waals surface area (Å²) in [5.41, 5.74) is 6.87. The summed E-state index contributed by atoms with van der Waals surface area (Å²) < 4.78 is 13.2. The predicted octanol–water partition coefficient (Wildman–Crippen LogP) is 3.81. The van der Waals surface area contributed by atoms with Crippen LogP contribution in [0.3, 0.4) is 0 Å². The molecule has 0 saturated carbocycles. The van der Waals surface area contributed by atoms with Crippen LogP contribution in [0.1, 0.15) is 10.4 Å². The first-order valence-electron chi connectivity index (χ1n) is 6.49. The van der Waals surface area contributed by atoms with Crippen molar-refractivity contribution < 1.29 is 9.18 Å². The third-order valence-electron chi connectivity index (χ3n) is 3.30. The van der Waals surface area contributed by atoms with Gasteiger partial charge >= 0.3 is 0 Å². The van der Waals surface area contributed by atoms with E-state index in [1.165, 1.54) is 18.2 Å². The number of benzene rings is 3. The molecule has 0 aromatic heterocycles. The molecule has 0 atom stereocenters. The van der Waals surface area contributed by atoms with Gasteiger partial charge in [0.25, 0.3) is 5.91 Å². The summed E-state index contributed by atoms with van der Waals surface area (Å²) in [6, 6.07) is 16.9. The SMILES string of the molecule is Nc1ccc(F)cc1NC(=O)c1cccc2ccccc12. The van der Waals surface area contributed by atoms with Crippen LogP contribution in [0.25, 0.3) is 10.8 Å². The Morgan fingerprint density at radius 3 is 2.62 bits per heavy atom. The van der Waals surface area contributed by atoms with Crippen LogP contribution < -0.4 is 11.1 Å². The molecule has 1 amide bonds. The second kappa shape index (κ2) is 5.25. The van der Waals surface area contributed by atoms with E-state index in [1.807, 2.05) is 36.4 Å². The maximum Gasteiger partial charge on any atom is 0.256 e. The van der Waals surface area contributed by atoms with Gasteiger partial charge in [-0.1, -0.05) is 36.4 Å². The van der Waals surface area contributed by atoms with Crippen molar-refractivity contribution in [2.45, 2.75) is 0 Å². The summed E-state index contributed by atoms with van der Waals surface area (Å²) in [6.45, 7) is 0. The van der Waals surface area contributed by atoms with Gasteiger partial charge in [0.05, 0.1) is 11.4 Å². The van der Waals surface area contributed by atoms with Crippen LogP contribution in [0.4, 0.5) is 15.8 Å². The van der Waals surface area contributed by atoms with Crippen LogP contribution in [-0.2, 0) is 0 Å². The Hall–Kier alpha value is -2.88. The molecular formula is C17H13FN2O. The maximum absolute atomic E-state index is 13.2. The lowest BCUT2D eigenvalue weighted by molar-refractivity contribution is 0.102. The zero-order valence-electron chi connectivity index (χ0n) is 11.1. The van der Waals surface area contributed by atoms with Crippen molar-refractivity contribution in [1.82, 2.24) is 0 Å². The van der Waals surface area contributed by atoms with Gasteiger partial charge in [0, 0.05) is 5.56 Å². The Bertz CT molecular complexity index is 825. The summed E-state index contributed by atoms with van der Waals surface area (Å²) in [7, 11) is 0. The summed E-state index contributed by atoms with van der Waals surface area (Å²) in [4.78, 5) is 12.4. The van der Waals surface area contributed by atoms with Crippen LogP contribution in [-0.4, -0.2) is 5.91 Å². The largest absolute Gasteiger partial charge is 0.397 e. The van der Waals surface area contributed by atoms with E-state index in [2.05, 4.69) is 5.32 Å². The average Bonchev–Trinajstić information content (AvgIpc) is 2.50. The lowest BCUT2D eigenvalue weighted by Gasteiger charge is -2.10. The van der Waals surface area contributed by atoms with Gasteiger partial charge in [-0.05, 0) is 35.0 Å². The fourth-order valence-corrected chi connectivity index (χ4v) is 2.25. The predicted molar refractivity (Wildman–Crippen MR) is 82.7 cm³/mol. The Morgan fingerprint density at radius 1 is 1.00 bits per heavy atom. The molecule has 0 aliphatic rings. The van der Waals surface area contributed by atoms with E-state index < -0.39 is 5.82 Å². The summed E-state index contributed by atoms with van der Waals surface area (Å²) in [5.74, 6) is -0.762. The third-order valence-corrected chi connectivity index (χ3v) is 3.30. The zero-order chi connectivity index (χ0) is 14.8. The number of hydrogen-bond donors (Lipinski definition) is 2. The van der Waals surface area contributed by atoms with E-state index in [9.17, 15) is 9.18 Å². The number of amides is 1. The van der Waals surface area contributed by atoms with Crippen molar-refractivity contribution >= 4 is 28.1 Å². The Labute approximate surface area is 121 Å². The number of fused-ring (bicyclic) bond motifs is 1. The Kier molecular flexibility index (Phi) is 3.28. The fourth-order valence-electron chi connectivity index (χ4n) is 2.25. The second-order valence-corrected chi connectivity index (χ2v) is 4.71. The highest BCUT2D eigenvalue weighted by atomic mass is 19.1. The summed E-state index contributed by atoms with van der Waals surface area (Å²) >= 11 is 0. The van der Waals surface area contributed by atoms with E-state index in [-0.39, 0.29) is 11.6 Å². The lowest BCUT2D eigenvalue weighted by Crippen LogP contribution is -2.13. The number of anilines is 2. The monoisotopic (exact) mass is 280 g/mol. The molecule has 3 aromatic rings. The molecule has 0 bridgehead atoms. The molecule has 3 nitrogen and oxygen atoms in total. The van der Waals surface area contributed by atoms with Crippen molar-refractivity contribution in [1.29, 1.82) is 0 Å². The first-order chi connectivity index (χ1) is 10.1. The minimum Gasteiger partial charge on any atom is -0.397 e. The van der Waals surface area contributed by atoms with E-state index >= 15 is 0 Å². The van der Waals surface area contributed by atoms with Gasteiger partial charge in [-0.2, -0.15) is 0 Å². The minimum atomic E-state index is -0.447. The van der Waals surface area contributed by atoms with Gasteiger partial charge in [0.15, 0.2) is 0 Å². The molecule has 3 N–H and O–H groups in total. The molecule has 0 aliphatic heterocycles. The molecule has 0 fully saturated rings. The number of halogens is 1. The number of nitrogen functional groups attached to an aromatic ring is 1. The van der Waals surface area contributed by atoms with Crippen LogP contribution >= 0.6 is 0 Å². The van der Waals surface area contributed by atoms with E-state index in [4.69, 9.17) is 5.73 Å². The number of nitrogens with one attached hydrogen (secondary N) is 1. The zero-order valence-corrected chi connectivity index (χ0v) is 11.1. The molecular weight excluding hydrogens is 267 g/mol. The number of carbonyl (C=O) groups is 1. The molecule has 0 heterocycles. The fraction of sp³-hybridized carbons (Fsp3) is 0. The lowest BCUT2D eigenvalue weighted by atomic mass is 10.0. The highest BCUT2D eigenvalue weighted by Crippen LogP contribution is 2.23. The topological polar surface area (TPSA) is 55.1 Å². The molecule has 3 rings (SSSR count). The average molecular weight is 280 g/mol. The maximum atomic E-state index is 13.2. The van der Waals surface area contributed by atoms with E-state index in [0.29, 0.717) is 11.3 Å². The van der Waals surface area contributed by atoms with Gasteiger partial charge < -0.3 is 11.1 Å². The highest BCUT2D eigenvalue weighted by molar-refractivity contribution is 6.13. The Balaban J connectivity index is 1.99. The molecule has 0 aliphatic carbocycles. The molecule has 0 spiro atoms. The number of nitrogens with two attached hydrogens (primary N) is 1. The van der Waals surface area contributed by atoms with Gasteiger partial charge in [-0.25, -0.2) is 4.39 Å². The van der Waals surface area contributed by atoms with Crippen LogP contribution in [0, 0.1) is 5.82 Å². The normalized spacial score (nSPS) is 10.5. The summed E-state index contributed by atoms with van der Waals surface area (Å²) in [5, 5.41) is 4.47. The number of hydrogen-bond acceptors (Lipinski definition) is 2. The van der Waals surface area contributed by atoms with Crippen molar-refractivity contribution in [2.24, 2.45) is 0 Å². The smallest absolute Gasteiger partial charge is 0.256 e. The molecule has 104 valence electrons. The van der Waals surface area contributed by atoms with Crippen LogP contribution in [0.2, 0.25) is 0 Å². The number of rotatable bonds is 2. The van der Waals surface area contributed by atoms with E-state index in [0.717, 1.165) is 10.8 Å². The van der Waals surface area contributed by atoms with Crippen molar-refractivity contribution in [3.05, 3.63) is 72.0 Å². The summed E-state index contributed by atoms with van der Waals surface area (Å²) in [6.07, 6.45) is 0. The molecule has 0 radical (unpaired) electrons. The first-order valence-corrected chi connectivity index (χ1v) is 6.49. The van der Waals surface area contributed by atoms with E-state index in [1.54, 1.807) is 6.07 Å². The van der Waals surface area contributed by atoms with Gasteiger partial charge in [0.1, 0.15) is 5.82 Å². The van der Waals surface area contributed by atoms with Crippen LogP contribution in [0.15, 0.2) is 60.7 Å². The number of carbonyl (C=O) groups excluding carboxylic acids is 1. The minimum absolute atomic E-state index is 0.271. The third kappa shape index (κ3) is 2.56. The van der Waals surface area contributed by atoms with Gasteiger partial charge in [-0.3, -0.25) is 4.79 Å². The van der Waals surface area contributed by atoms with Crippen molar-refractivity contribution in [3.63, 3.8) is 0 Å². The standard InChI is InChI=1S/C17H13FN2O/c18-12-8-9-15(19)16(10-12)20-17(21)14-7-3-5-11-4-1-2-6-13(11)14/h1-10H,19H2,(H,20,21). The highest BCUT2D eigenvalue weighted by Gasteiger charge is 2.11. The molecule has 0 saturated heterocycles. The van der Waals surface area contributed by atoms with Crippen molar-refractivity contribution in [3.8, 4) is 0 Å². The quantitative estimate of drug-likeness (QED) is 0.701. The van der Waals surface area contributed by atoms with Gasteiger partial charge in [0.2, 0.25) is 0 Å². The molecule has 0 unspecified atom stereocenters. The molecule has 3 aromatic carbocycles. The van der Waals surface area contributed by atoms with Crippen LogP contribution in [0.5, 0.6) is 0 Å². The first kappa shape index (κ1) is 13.1. The molecule has 21 heavy (non-hydrogen) atoms. The Morgan fingerprint density at radius 2 is 1.76 bits per heavy atom. The molecule has 4 heteroatoms. The van der Waals surface area contributed by atoms with Crippen molar-refractivity contribution in [2.75, 3.05) is 11.1 Å².